The van der Waals surface area contributed by atoms with Gasteiger partial charge in [0.05, 0.1) is 10.8 Å². The Labute approximate surface area is 92.6 Å². The molecule has 3 nitrogen and oxygen atoms in total. The number of aldehydes is 1. The molecule has 0 N–H and O–H groups in total. The van der Waals surface area contributed by atoms with Crippen LogP contribution in [0.2, 0.25) is 0 Å². The topological polar surface area (TPSA) is 37.4 Å². The number of benzene rings is 1. The molecule has 0 aliphatic carbocycles. The minimum atomic E-state index is -0.972. The van der Waals surface area contributed by atoms with E-state index in [2.05, 4.69) is 0 Å². The standard InChI is InChI=1S/C11H15NO2S/c1-12(2)7-8-15(14)11-5-3-10(9-13)4-6-11/h3-6,9H,7-8H2,1-2H3. The molecule has 0 spiro atoms. The lowest BCUT2D eigenvalue weighted by atomic mass is 10.2. The molecule has 1 atom stereocenters. The summed E-state index contributed by atoms with van der Waals surface area (Å²) in [5, 5.41) is 0. The Morgan fingerprint density at radius 1 is 1.27 bits per heavy atom. The Morgan fingerprint density at radius 2 is 1.87 bits per heavy atom. The SMILES string of the molecule is CN(C)CCS(=O)c1ccc(C=O)cc1. The van der Waals surface area contributed by atoms with Crippen LogP contribution in [0, 0.1) is 0 Å². The Kier molecular flexibility index (Phi) is 4.65. The summed E-state index contributed by atoms with van der Waals surface area (Å²) in [6.07, 6.45) is 0.784. The number of nitrogens with zero attached hydrogens (tertiary/aromatic N) is 1. The van der Waals surface area contributed by atoms with E-state index in [1.165, 1.54) is 0 Å². The first-order valence-corrected chi connectivity index (χ1v) is 6.03. The van der Waals surface area contributed by atoms with Crippen molar-refractivity contribution in [3.05, 3.63) is 29.8 Å². The Hall–Kier alpha value is -1.00. The van der Waals surface area contributed by atoms with Gasteiger partial charge in [0, 0.05) is 22.8 Å². The molecule has 15 heavy (non-hydrogen) atoms. The fraction of sp³-hybridized carbons (Fsp3) is 0.364. The van der Waals surface area contributed by atoms with Crippen molar-refractivity contribution >= 4 is 17.1 Å². The molecule has 1 aromatic rings. The highest BCUT2D eigenvalue weighted by Gasteiger charge is 2.03. The largest absolute Gasteiger partial charge is 0.308 e. The van der Waals surface area contributed by atoms with E-state index in [1.807, 2.05) is 19.0 Å². The molecule has 1 aromatic carbocycles. The van der Waals surface area contributed by atoms with Gasteiger partial charge in [0.1, 0.15) is 6.29 Å². The minimum Gasteiger partial charge on any atom is -0.308 e. The van der Waals surface area contributed by atoms with Crippen LogP contribution in [-0.4, -0.2) is 41.8 Å². The van der Waals surface area contributed by atoms with E-state index in [-0.39, 0.29) is 0 Å². The molecule has 1 rings (SSSR count). The number of hydrogen-bond acceptors (Lipinski definition) is 3. The fourth-order valence-electron chi connectivity index (χ4n) is 1.08. The van der Waals surface area contributed by atoms with E-state index < -0.39 is 10.8 Å². The van der Waals surface area contributed by atoms with Crippen molar-refractivity contribution < 1.29 is 9.00 Å². The van der Waals surface area contributed by atoms with Crippen LogP contribution in [0.15, 0.2) is 29.2 Å². The van der Waals surface area contributed by atoms with Crippen LogP contribution in [0.3, 0.4) is 0 Å². The van der Waals surface area contributed by atoms with E-state index in [1.54, 1.807) is 24.3 Å². The number of carbonyl (C=O) groups is 1. The van der Waals surface area contributed by atoms with Crippen molar-refractivity contribution in [2.45, 2.75) is 4.90 Å². The molecule has 0 aromatic heterocycles. The van der Waals surface area contributed by atoms with Gasteiger partial charge in [0.25, 0.3) is 0 Å². The molecule has 0 aliphatic heterocycles. The summed E-state index contributed by atoms with van der Waals surface area (Å²) in [6, 6.07) is 6.87. The summed E-state index contributed by atoms with van der Waals surface area (Å²) in [5.41, 5.74) is 0.614. The molecule has 82 valence electrons. The second-order valence-corrected chi connectivity index (χ2v) is 5.11. The molecular weight excluding hydrogens is 210 g/mol. The van der Waals surface area contributed by atoms with Crippen molar-refractivity contribution in [3.8, 4) is 0 Å². The van der Waals surface area contributed by atoms with Gasteiger partial charge in [-0.1, -0.05) is 12.1 Å². The first-order valence-electron chi connectivity index (χ1n) is 4.72. The smallest absolute Gasteiger partial charge is 0.150 e. The highest BCUT2D eigenvalue weighted by atomic mass is 32.2. The number of hydrogen-bond donors (Lipinski definition) is 0. The van der Waals surface area contributed by atoms with Crippen LogP contribution in [0.25, 0.3) is 0 Å². The highest BCUT2D eigenvalue weighted by Crippen LogP contribution is 2.07. The zero-order valence-corrected chi connectivity index (χ0v) is 9.79. The van der Waals surface area contributed by atoms with Crippen LogP contribution in [0.5, 0.6) is 0 Å². The van der Waals surface area contributed by atoms with Gasteiger partial charge in [-0.25, -0.2) is 0 Å². The summed E-state index contributed by atoms with van der Waals surface area (Å²) < 4.78 is 11.7. The summed E-state index contributed by atoms with van der Waals surface area (Å²) >= 11 is 0. The third-order valence-electron chi connectivity index (χ3n) is 2.00. The molecule has 0 saturated heterocycles. The summed E-state index contributed by atoms with van der Waals surface area (Å²) in [6.45, 7) is 0.794. The van der Waals surface area contributed by atoms with Crippen LogP contribution in [0.4, 0.5) is 0 Å². The zero-order chi connectivity index (χ0) is 11.3. The third kappa shape index (κ3) is 3.93. The molecule has 0 amide bonds. The van der Waals surface area contributed by atoms with Gasteiger partial charge in [-0.2, -0.15) is 0 Å². The van der Waals surface area contributed by atoms with Gasteiger partial charge in [-0.05, 0) is 26.2 Å². The maximum atomic E-state index is 11.7. The maximum Gasteiger partial charge on any atom is 0.150 e. The van der Waals surface area contributed by atoms with Crippen molar-refractivity contribution in [1.82, 2.24) is 4.90 Å². The normalized spacial score (nSPS) is 12.7. The Balaban J connectivity index is 2.62. The Morgan fingerprint density at radius 3 is 2.33 bits per heavy atom. The van der Waals surface area contributed by atoms with Crippen LogP contribution < -0.4 is 0 Å². The van der Waals surface area contributed by atoms with Crippen molar-refractivity contribution in [2.24, 2.45) is 0 Å². The predicted octanol–water partition coefficient (Wildman–Crippen LogP) is 1.17. The third-order valence-corrected chi connectivity index (χ3v) is 3.35. The van der Waals surface area contributed by atoms with Crippen molar-refractivity contribution in [1.29, 1.82) is 0 Å². The summed E-state index contributed by atoms with van der Waals surface area (Å²) in [4.78, 5) is 13.2. The molecule has 0 fully saturated rings. The van der Waals surface area contributed by atoms with Gasteiger partial charge in [-0.15, -0.1) is 0 Å². The molecule has 0 radical (unpaired) electrons. The van der Waals surface area contributed by atoms with Gasteiger partial charge in [0.2, 0.25) is 0 Å². The fourth-order valence-corrected chi connectivity index (χ4v) is 2.29. The molecule has 0 bridgehead atoms. The second-order valence-electron chi connectivity index (χ2n) is 3.54. The average Bonchev–Trinajstić information content (AvgIpc) is 2.26. The highest BCUT2D eigenvalue weighted by molar-refractivity contribution is 7.85. The lowest BCUT2D eigenvalue weighted by molar-refractivity contribution is 0.112. The maximum absolute atomic E-state index is 11.7. The minimum absolute atomic E-state index is 0.614. The number of rotatable bonds is 5. The van der Waals surface area contributed by atoms with E-state index in [0.29, 0.717) is 11.3 Å². The summed E-state index contributed by atoms with van der Waals surface area (Å²) in [7, 11) is 2.93. The first-order chi connectivity index (χ1) is 7.13. The van der Waals surface area contributed by atoms with Crippen LogP contribution >= 0.6 is 0 Å². The van der Waals surface area contributed by atoms with E-state index in [4.69, 9.17) is 0 Å². The van der Waals surface area contributed by atoms with Crippen molar-refractivity contribution in [3.63, 3.8) is 0 Å². The van der Waals surface area contributed by atoms with Crippen LogP contribution in [-0.2, 0) is 10.8 Å². The molecule has 4 heteroatoms. The lowest BCUT2D eigenvalue weighted by Crippen LogP contribution is -2.18. The number of carbonyl (C=O) groups excluding carboxylic acids is 1. The lowest BCUT2D eigenvalue weighted by Gasteiger charge is -2.08. The summed E-state index contributed by atoms with van der Waals surface area (Å²) in [5.74, 6) is 0.618. The van der Waals surface area contributed by atoms with E-state index >= 15 is 0 Å². The van der Waals surface area contributed by atoms with E-state index in [0.717, 1.165) is 17.7 Å². The van der Waals surface area contributed by atoms with Gasteiger partial charge in [-0.3, -0.25) is 9.00 Å². The van der Waals surface area contributed by atoms with E-state index in [9.17, 15) is 9.00 Å². The molecule has 0 aliphatic rings. The molecule has 1 unspecified atom stereocenters. The average molecular weight is 225 g/mol. The van der Waals surface area contributed by atoms with Gasteiger partial charge in [0.15, 0.2) is 0 Å². The van der Waals surface area contributed by atoms with Gasteiger partial charge >= 0.3 is 0 Å². The van der Waals surface area contributed by atoms with Gasteiger partial charge < -0.3 is 4.90 Å². The van der Waals surface area contributed by atoms with Crippen molar-refractivity contribution in [2.75, 3.05) is 26.4 Å². The molecule has 0 saturated carbocycles. The second kappa shape index (κ2) is 5.78. The monoisotopic (exact) mass is 225 g/mol. The molecule has 0 heterocycles. The Bertz CT molecular complexity index is 346. The quantitative estimate of drug-likeness (QED) is 0.706. The van der Waals surface area contributed by atoms with Crippen LogP contribution in [0.1, 0.15) is 10.4 Å². The predicted molar refractivity (Wildman–Crippen MR) is 61.7 cm³/mol. The first kappa shape index (κ1) is 12.1. The molecular formula is C11H15NO2S. The zero-order valence-electron chi connectivity index (χ0n) is 8.97.